The summed E-state index contributed by atoms with van der Waals surface area (Å²) in [5.74, 6) is 2.10. The van der Waals surface area contributed by atoms with Crippen LogP contribution in [0.15, 0.2) is 24.3 Å². The maximum atomic E-state index is 11.1. The molecule has 228 valence electrons. The molecule has 0 aliphatic carbocycles. The molecular weight excluding hydrogens is 948 g/mol. The van der Waals surface area contributed by atoms with E-state index in [9.17, 15) is 10.2 Å². The van der Waals surface area contributed by atoms with Crippen LogP contribution in [0.5, 0.6) is 23.0 Å². The highest BCUT2D eigenvalue weighted by atomic mass is 127. The zero-order valence-electron chi connectivity index (χ0n) is 25.7. The molecule has 0 aliphatic rings. The quantitative estimate of drug-likeness (QED) is 0.184. The van der Waals surface area contributed by atoms with Gasteiger partial charge in [0.25, 0.3) is 0 Å². The molecular formula is C28H50I4N4O3. The van der Waals surface area contributed by atoms with Crippen LogP contribution in [0.1, 0.15) is 22.3 Å². The first-order chi connectivity index (χ1) is 15.6. The van der Waals surface area contributed by atoms with Gasteiger partial charge in [0.15, 0.2) is 0 Å². The molecule has 0 unspecified atom stereocenters. The molecule has 39 heavy (non-hydrogen) atoms. The zero-order chi connectivity index (χ0) is 27.0. The molecule has 7 nitrogen and oxygen atoms in total. The fraction of sp³-hybridized carbons (Fsp3) is 0.571. The number of hydrogen-bond donors (Lipinski definition) is 2. The van der Waals surface area contributed by atoms with Gasteiger partial charge >= 0.3 is 0 Å². The Kier molecular flexibility index (Phi) is 18.6. The van der Waals surface area contributed by atoms with Crippen molar-refractivity contribution in [2.45, 2.75) is 26.2 Å². The molecule has 2 aromatic carbocycles. The van der Waals surface area contributed by atoms with Gasteiger partial charge in [0, 0.05) is 0 Å². The van der Waals surface area contributed by atoms with Gasteiger partial charge in [-0.1, -0.05) is 0 Å². The summed E-state index contributed by atoms with van der Waals surface area (Å²) in [4.78, 5) is 0. The second kappa shape index (κ2) is 16.4. The van der Waals surface area contributed by atoms with Gasteiger partial charge in [-0.3, -0.25) is 0 Å². The summed E-state index contributed by atoms with van der Waals surface area (Å²) < 4.78 is 9.24. The Morgan fingerprint density at radius 3 is 0.769 bits per heavy atom. The van der Waals surface area contributed by atoms with E-state index in [-0.39, 0.29) is 95.9 Å². The number of ether oxygens (including phenoxy) is 1. The summed E-state index contributed by atoms with van der Waals surface area (Å²) in [5, 5.41) is 22.1. The first-order valence-electron chi connectivity index (χ1n) is 12.2. The molecule has 2 aromatic rings. The zero-order valence-corrected chi connectivity index (χ0v) is 34.4. The predicted molar refractivity (Wildman–Crippen MR) is 143 cm³/mol. The molecule has 0 aliphatic heterocycles. The number of quaternary nitrogens is 4. The van der Waals surface area contributed by atoms with E-state index in [1.165, 1.54) is 0 Å². The fourth-order valence-electron chi connectivity index (χ4n) is 4.24. The lowest BCUT2D eigenvalue weighted by molar-refractivity contribution is -0.884. The summed E-state index contributed by atoms with van der Waals surface area (Å²) in [5.41, 5.74) is 3.48. The number of aromatic hydroxyl groups is 2. The van der Waals surface area contributed by atoms with Gasteiger partial charge < -0.3 is 129 Å². The summed E-state index contributed by atoms with van der Waals surface area (Å²) in [7, 11) is 25.3. The van der Waals surface area contributed by atoms with E-state index < -0.39 is 0 Å². The third-order valence-corrected chi connectivity index (χ3v) is 5.30. The first kappa shape index (κ1) is 44.0. The summed E-state index contributed by atoms with van der Waals surface area (Å²) in [6.45, 7) is 2.73. The van der Waals surface area contributed by atoms with E-state index in [1.807, 2.05) is 24.3 Å². The Morgan fingerprint density at radius 1 is 0.436 bits per heavy atom. The van der Waals surface area contributed by atoms with Gasteiger partial charge in [-0.2, -0.15) is 0 Å². The van der Waals surface area contributed by atoms with Crippen molar-refractivity contribution in [1.82, 2.24) is 0 Å². The van der Waals surface area contributed by atoms with Crippen LogP contribution in [0.3, 0.4) is 0 Å². The SMILES string of the molecule is C[N+](C)(C)Cc1cc(Oc2cc(C[N+](C)(C)C)c(O)c(C[N+](C)(C)C)c2)cc(C[N+](C)(C)C)c1O.[I-].[I-].[I-].[I-]. The Balaban J connectivity index is -0.00000324. The van der Waals surface area contributed by atoms with E-state index in [4.69, 9.17) is 4.74 Å². The minimum atomic E-state index is 0. The molecule has 0 spiro atoms. The smallest absolute Gasteiger partial charge is 0.133 e. The van der Waals surface area contributed by atoms with Crippen molar-refractivity contribution >= 4 is 0 Å². The van der Waals surface area contributed by atoms with Crippen molar-refractivity contribution in [1.29, 1.82) is 0 Å². The number of phenols is 2. The van der Waals surface area contributed by atoms with Crippen LogP contribution in [0.4, 0.5) is 0 Å². The van der Waals surface area contributed by atoms with Crippen molar-refractivity contribution in [2.75, 3.05) is 84.6 Å². The Bertz CT molecular complexity index is 897. The van der Waals surface area contributed by atoms with Gasteiger partial charge in [0.05, 0.1) is 107 Å². The van der Waals surface area contributed by atoms with E-state index in [2.05, 4.69) is 84.6 Å². The van der Waals surface area contributed by atoms with Gasteiger partial charge in [0.1, 0.15) is 49.2 Å². The molecule has 11 heteroatoms. The van der Waals surface area contributed by atoms with Crippen LogP contribution in [0.25, 0.3) is 0 Å². The van der Waals surface area contributed by atoms with Gasteiger partial charge in [-0.25, -0.2) is 0 Å². The minimum absolute atomic E-state index is 0. The summed E-state index contributed by atoms with van der Waals surface area (Å²) >= 11 is 0. The van der Waals surface area contributed by atoms with Crippen LogP contribution in [-0.4, -0.2) is 113 Å². The summed E-state index contributed by atoms with van der Waals surface area (Å²) in [6.07, 6.45) is 0. The lowest BCUT2D eigenvalue weighted by Crippen LogP contribution is -3.00. The van der Waals surface area contributed by atoms with Crippen molar-refractivity contribution in [2.24, 2.45) is 0 Å². The topological polar surface area (TPSA) is 49.7 Å². The highest BCUT2D eigenvalue weighted by Gasteiger charge is 2.23. The van der Waals surface area contributed by atoms with Crippen LogP contribution in [-0.2, 0) is 26.2 Å². The molecule has 0 bridgehead atoms. The standard InChI is InChI=1S/C28H48N4O3.4HI/c1-29(2,3)17-21-13-25(14-22(27(21)33)18-30(4,5)6)35-26-15-23(19-31(7,8)9)28(34)24(16-26)20-32(10,11)12;;;;/h13-16H,17-20H2,1-12H3;4*1H/q+2;;;;/p-2. The van der Waals surface area contributed by atoms with Crippen LogP contribution in [0.2, 0.25) is 0 Å². The molecule has 0 radical (unpaired) electrons. The molecule has 0 atom stereocenters. The Morgan fingerprint density at radius 2 is 0.615 bits per heavy atom. The number of halogens is 4. The number of phenolic OH excluding ortho intramolecular Hbond substituents is 2. The average molecular weight is 998 g/mol. The normalized spacial score (nSPS) is 11.9. The summed E-state index contributed by atoms with van der Waals surface area (Å²) in [6, 6.07) is 7.79. The van der Waals surface area contributed by atoms with Gasteiger partial charge in [-0.05, 0) is 24.3 Å². The fourth-order valence-corrected chi connectivity index (χ4v) is 4.24. The third kappa shape index (κ3) is 16.1. The molecule has 0 saturated heterocycles. The van der Waals surface area contributed by atoms with E-state index in [0.717, 1.165) is 22.3 Å². The van der Waals surface area contributed by atoms with Crippen LogP contribution < -0.4 is 101 Å². The largest absolute Gasteiger partial charge is 1.00 e. The van der Waals surface area contributed by atoms with Crippen molar-refractivity contribution < 1.29 is 129 Å². The van der Waals surface area contributed by atoms with Gasteiger partial charge in [-0.15, -0.1) is 0 Å². The second-order valence-electron chi connectivity index (χ2n) is 14.1. The molecule has 0 heterocycles. The monoisotopic (exact) mass is 998 g/mol. The van der Waals surface area contributed by atoms with Crippen molar-refractivity contribution in [3.8, 4) is 23.0 Å². The van der Waals surface area contributed by atoms with Crippen molar-refractivity contribution in [3.63, 3.8) is 0 Å². The molecule has 0 fully saturated rings. The maximum absolute atomic E-state index is 11.1. The third-order valence-electron chi connectivity index (χ3n) is 5.30. The lowest BCUT2D eigenvalue weighted by Gasteiger charge is -2.28. The molecule has 2 rings (SSSR count). The van der Waals surface area contributed by atoms with E-state index >= 15 is 0 Å². The maximum Gasteiger partial charge on any atom is 0.133 e. The van der Waals surface area contributed by atoms with Gasteiger partial charge in [0.2, 0.25) is 0 Å². The van der Waals surface area contributed by atoms with Crippen molar-refractivity contribution in [3.05, 3.63) is 46.5 Å². The highest BCUT2D eigenvalue weighted by molar-refractivity contribution is 5.50. The lowest BCUT2D eigenvalue weighted by atomic mass is 10.0. The Hall–Kier alpha value is 0.600. The van der Waals surface area contributed by atoms with Crippen LogP contribution >= 0.6 is 0 Å². The minimum Gasteiger partial charge on any atom is -1.00 e. The number of nitrogens with zero attached hydrogens (tertiary/aromatic N) is 4. The second-order valence-corrected chi connectivity index (χ2v) is 14.1. The number of hydrogen-bond acceptors (Lipinski definition) is 3. The van der Waals surface area contributed by atoms with E-state index in [0.29, 0.717) is 67.1 Å². The van der Waals surface area contributed by atoms with Crippen LogP contribution in [0, 0.1) is 0 Å². The molecule has 2 N–H and O–H groups in total. The number of benzene rings is 2. The average Bonchev–Trinajstić information content (AvgIpc) is 2.58. The van der Waals surface area contributed by atoms with E-state index in [1.54, 1.807) is 0 Å². The molecule has 0 amide bonds. The first-order valence-corrected chi connectivity index (χ1v) is 12.2. The molecule has 0 aromatic heterocycles. The molecule has 0 saturated carbocycles. The highest BCUT2D eigenvalue weighted by Crippen LogP contribution is 2.37. The predicted octanol–water partition coefficient (Wildman–Crippen LogP) is -8.27. The Labute approximate surface area is 305 Å². The number of rotatable bonds is 10.